The number of hydrogen-bond donors (Lipinski definition) is 0. The van der Waals surface area contributed by atoms with E-state index in [9.17, 15) is 0 Å². The van der Waals surface area contributed by atoms with Gasteiger partial charge >= 0.3 is 8.80 Å². The minimum atomic E-state index is -2.39. The zero-order valence-corrected chi connectivity index (χ0v) is 16.4. The quantitative estimate of drug-likeness (QED) is 0.309. The van der Waals surface area contributed by atoms with Gasteiger partial charge in [-0.2, -0.15) is 0 Å². The molecule has 0 unspecified atom stereocenters. The highest BCUT2D eigenvalue weighted by Crippen LogP contribution is 2.24. The summed E-state index contributed by atoms with van der Waals surface area (Å²) >= 11 is 0. The topological polar surface area (TPSA) is 27.7 Å². The summed E-state index contributed by atoms with van der Waals surface area (Å²) in [6, 6.07) is 0.936. The Kier molecular flexibility index (Phi) is 9.83. The Hall–Kier alpha value is 0.0569. The summed E-state index contributed by atoms with van der Waals surface area (Å²) in [5, 5.41) is 0. The largest absolute Gasteiger partial charge is 0.500 e. The maximum Gasteiger partial charge on any atom is 0.500 e. The van der Waals surface area contributed by atoms with Gasteiger partial charge in [0, 0.05) is 33.8 Å². The van der Waals surface area contributed by atoms with Crippen molar-refractivity contribution in [3.05, 3.63) is 0 Å². The van der Waals surface area contributed by atoms with E-state index in [1.807, 2.05) is 0 Å². The Balaban J connectivity index is 2.47. The predicted molar refractivity (Wildman–Crippen MR) is 93.9 cm³/mol. The lowest BCUT2D eigenvalue weighted by Gasteiger charge is -2.42. The van der Waals surface area contributed by atoms with Gasteiger partial charge in [0.2, 0.25) is 0 Å². The molecule has 1 aliphatic heterocycles. The van der Waals surface area contributed by atoms with Gasteiger partial charge in [0.05, 0.1) is 26.2 Å². The molecule has 132 valence electrons. The van der Waals surface area contributed by atoms with Gasteiger partial charge in [-0.1, -0.05) is 19.8 Å². The van der Waals surface area contributed by atoms with Crippen molar-refractivity contribution in [3.8, 4) is 0 Å². The number of rotatable bonds is 12. The van der Waals surface area contributed by atoms with Gasteiger partial charge in [-0.05, 0) is 32.1 Å². The Bertz CT molecular complexity index is 271. The second-order valence-electron chi connectivity index (χ2n) is 6.76. The molecular formula is C17H38NO3Si+. The third-order valence-corrected chi connectivity index (χ3v) is 8.13. The molecule has 5 heteroatoms. The number of hydrogen-bond acceptors (Lipinski definition) is 3. The van der Waals surface area contributed by atoms with Gasteiger partial charge in [0.15, 0.2) is 0 Å². The van der Waals surface area contributed by atoms with Crippen LogP contribution in [0.1, 0.15) is 58.3 Å². The van der Waals surface area contributed by atoms with Crippen LogP contribution >= 0.6 is 0 Å². The van der Waals surface area contributed by atoms with Gasteiger partial charge in [0.25, 0.3) is 0 Å². The van der Waals surface area contributed by atoms with Crippen LogP contribution in [0, 0.1) is 0 Å². The second-order valence-corrected chi connectivity index (χ2v) is 9.85. The molecule has 1 heterocycles. The van der Waals surface area contributed by atoms with Crippen molar-refractivity contribution in [2.24, 2.45) is 0 Å². The van der Waals surface area contributed by atoms with Crippen LogP contribution < -0.4 is 0 Å². The number of unbranched alkanes of at least 4 members (excludes halogenated alkanes) is 3. The lowest BCUT2D eigenvalue weighted by molar-refractivity contribution is -0.932. The fraction of sp³-hybridized carbons (Fsp3) is 1.00. The molecule has 1 saturated heterocycles. The normalized spacial score (nSPS) is 18.5. The smallest absolute Gasteiger partial charge is 0.377 e. The van der Waals surface area contributed by atoms with Crippen molar-refractivity contribution in [1.29, 1.82) is 0 Å². The summed E-state index contributed by atoms with van der Waals surface area (Å²) in [6.45, 7) is 7.65. The third-order valence-electron chi connectivity index (χ3n) is 5.30. The average molecular weight is 333 g/mol. The highest BCUT2D eigenvalue weighted by Gasteiger charge is 2.39. The first-order chi connectivity index (χ1) is 10.7. The van der Waals surface area contributed by atoms with E-state index in [0.29, 0.717) is 0 Å². The minimum absolute atomic E-state index is 0.936. The zero-order chi connectivity index (χ0) is 16.3. The Labute approximate surface area is 139 Å². The maximum absolute atomic E-state index is 5.56. The molecule has 0 bridgehead atoms. The highest BCUT2D eigenvalue weighted by atomic mass is 28.4. The number of piperidine rings is 1. The monoisotopic (exact) mass is 332 g/mol. The van der Waals surface area contributed by atoms with Crippen molar-refractivity contribution in [2.45, 2.75) is 64.3 Å². The molecule has 1 aliphatic rings. The van der Waals surface area contributed by atoms with E-state index in [0.717, 1.165) is 12.5 Å². The van der Waals surface area contributed by atoms with E-state index in [-0.39, 0.29) is 0 Å². The van der Waals surface area contributed by atoms with Crippen LogP contribution in [0.5, 0.6) is 0 Å². The highest BCUT2D eigenvalue weighted by molar-refractivity contribution is 6.60. The summed E-state index contributed by atoms with van der Waals surface area (Å²) in [7, 11) is 2.76. The Morgan fingerprint density at radius 3 is 1.91 bits per heavy atom. The first kappa shape index (κ1) is 20.1. The number of nitrogens with zero attached hydrogens (tertiary/aromatic N) is 1. The van der Waals surface area contributed by atoms with Crippen LogP contribution in [0.4, 0.5) is 0 Å². The van der Waals surface area contributed by atoms with E-state index in [4.69, 9.17) is 13.3 Å². The SMILES string of the molecule is CCCCCC[N+]1(CCC[Si](OC)(OC)OC)CCCCC1. The molecule has 0 spiro atoms. The minimum Gasteiger partial charge on any atom is -0.377 e. The summed E-state index contributed by atoms with van der Waals surface area (Å²) < 4.78 is 18.0. The lowest BCUT2D eigenvalue weighted by Crippen LogP contribution is -2.53. The molecule has 0 aliphatic carbocycles. The van der Waals surface area contributed by atoms with Gasteiger partial charge in [-0.25, -0.2) is 0 Å². The first-order valence-corrected chi connectivity index (χ1v) is 11.1. The van der Waals surface area contributed by atoms with Gasteiger partial charge in [0.1, 0.15) is 0 Å². The van der Waals surface area contributed by atoms with Crippen LogP contribution in [0.3, 0.4) is 0 Å². The molecule has 0 aromatic rings. The molecule has 0 aromatic carbocycles. The lowest BCUT2D eigenvalue weighted by atomic mass is 10.1. The van der Waals surface area contributed by atoms with Crippen molar-refractivity contribution < 1.29 is 17.8 Å². The molecule has 0 N–H and O–H groups in total. The molecule has 1 fully saturated rings. The third kappa shape index (κ3) is 6.28. The molecule has 22 heavy (non-hydrogen) atoms. The Morgan fingerprint density at radius 2 is 1.36 bits per heavy atom. The molecule has 1 rings (SSSR count). The summed E-state index contributed by atoms with van der Waals surface area (Å²) in [5.74, 6) is 0. The van der Waals surface area contributed by atoms with E-state index in [2.05, 4.69) is 6.92 Å². The van der Waals surface area contributed by atoms with Gasteiger partial charge < -0.3 is 17.8 Å². The molecule has 0 saturated carbocycles. The van der Waals surface area contributed by atoms with Crippen LogP contribution in [0.25, 0.3) is 0 Å². The molecule has 0 radical (unpaired) electrons. The zero-order valence-electron chi connectivity index (χ0n) is 15.4. The van der Waals surface area contributed by atoms with Crippen LogP contribution in [-0.2, 0) is 13.3 Å². The van der Waals surface area contributed by atoms with Gasteiger partial charge in [-0.15, -0.1) is 0 Å². The predicted octanol–water partition coefficient (Wildman–Crippen LogP) is 3.84. The van der Waals surface area contributed by atoms with Crippen LogP contribution in [0.15, 0.2) is 0 Å². The number of likely N-dealkylation sites (tertiary alicyclic amines) is 1. The van der Waals surface area contributed by atoms with Crippen molar-refractivity contribution in [1.82, 2.24) is 0 Å². The fourth-order valence-electron chi connectivity index (χ4n) is 3.80. The van der Waals surface area contributed by atoms with Crippen molar-refractivity contribution in [2.75, 3.05) is 47.5 Å². The van der Waals surface area contributed by atoms with Crippen molar-refractivity contribution in [3.63, 3.8) is 0 Å². The summed E-state index contributed by atoms with van der Waals surface area (Å²) in [4.78, 5) is 0. The van der Waals surface area contributed by atoms with Crippen molar-refractivity contribution >= 4 is 8.80 Å². The average Bonchev–Trinajstić information content (AvgIpc) is 2.57. The number of quaternary nitrogens is 1. The molecule has 0 aromatic heterocycles. The molecular weight excluding hydrogens is 294 g/mol. The molecule has 0 atom stereocenters. The maximum atomic E-state index is 5.56. The Morgan fingerprint density at radius 1 is 0.773 bits per heavy atom. The second kappa shape index (κ2) is 10.8. The summed E-state index contributed by atoms with van der Waals surface area (Å²) in [5.41, 5.74) is 0. The fourth-order valence-corrected chi connectivity index (χ4v) is 5.51. The van der Waals surface area contributed by atoms with E-state index >= 15 is 0 Å². The van der Waals surface area contributed by atoms with E-state index < -0.39 is 8.80 Å². The van der Waals surface area contributed by atoms with Crippen LogP contribution in [0.2, 0.25) is 6.04 Å². The molecule has 4 nitrogen and oxygen atoms in total. The van der Waals surface area contributed by atoms with Gasteiger partial charge in [-0.3, -0.25) is 0 Å². The standard InChI is InChI=1S/C17H38NO3Si/c1-5-6-7-9-13-18(14-10-8-11-15-18)16-12-17-22(19-2,20-3)21-4/h5-17H2,1-4H3/q+1. The van der Waals surface area contributed by atoms with E-state index in [1.54, 1.807) is 21.3 Å². The van der Waals surface area contributed by atoms with E-state index in [1.165, 1.54) is 75.6 Å². The van der Waals surface area contributed by atoms with Crippen LogP contribution in [-0.4, -0.2) is 60.8 Å². The first-order valence-electron chi connectivity index (χ1n) is 9.16. The summed E-state index contributed by atoms with van der Waals surface area (Å²) in [6.07, 6.45) is 10.8. The molecule has 0 amide bonds.